The minimum Gasteiger partial charge on any atom is -0.345 e. The second-order valence-electron chi connectivity index (χ2n) is 6.05. The Kier molecular flexibility index (Phi) is 4.18. The first-order valence-corrected chi connectivity index (χ1v) is 8.30. The number of para-hydroxylation sites is 2. The van der Waals surface area contributed by atoms with Crippen LogP contribution >= 0.6 is 0 Å². The number of carbonyl (C=O) groups is 1. The van der Waals surface area contributed by atoms with Crippen molar-refractivity contribution in [2.24, 2.45) is 7.05 Å². The molecular formula is C19H18N6O. The van der Waals surface area contributed by atoms with Crippen LogP contribution in [0.15, 0.2) is 61.2 Å². The van der Waals surface area contributed by atoms with Crippen molar-refractivity contribution in [1.29, 1.82) is 0 Å². The first-order chi connectivity index (χ1) is 12.7. The summed E-state index contributed by atoms with van der Waals surface area (Å²) in [6.45, 7) is 1.01. The molecule has 2 aromatic carbocycles. The van der Waals surface area contributed by atoms with Gasteiger partial charge in [0.1, 0.15) is 18.5 Å². The Hall–Kier alpha value is -3.48. The third kappa shape index (κ3) is 3.19. The van der Waals surface area contributed by atoms with Gasteiger partial charge in [0.25, 0.3) is 5.91 Å². The van der Waals surface area contributed by atoms with Gasteiger partial charge in [0.05, 0.1) is 24.1 Å². The molecule has 0 saturated heterocycles. The Morgan fingerprint density at radius 3 is 2.65 bits per heavy atom. The molecule has 26 heavy (non-hydrogen) atoms. The van der Waals surface area contributed by atoms with E-state index < -0.39 is 0 Å². The number of rotatable bonds is 5. The van der Waals surface area contributed by atoms with E-state index in [0.717, 1.165) is 22.4 Å². The van der Waals surface area contributed by atoms with Crippen LogP contribution in [0.5, 0.6) is 0 Å². The van der Waals surface area contributed by atoms with E-state index in [4.69, 9.17) is 0 Å². The molecule has 1 N–H and O–H groups in total. The third-order valence-electron chi connectivity index (χ3n) is 4.31. The summed E-state index contributed by atoms with van der Waals surface area (Å²) in [5.41, 5.74) is 3.65. The van der Waals surface area contributed by atoms with Crippen LogP contribution in [0.4, 0.5) is 0 Å². The number of nitrogens with one attached hydrogen (secondary N) is 1. The smallest absolute Gasteiger partial charge is 0.251 e. The number of hydrogen-bond acceptors (Lipinski definition) is 4. The molecule has 0 spiro atoms. The van der Waals surface area contributed by atoms with Gasteiger partial charge in [-0.15, -0.1) is 0 Å². The van der Waals surface area contributed by atoms with Crippen LogP contribution in [0, 0.1) is 0 Å². The summed E-state index contributed by atoms with van der Waals surface area (Å²) < 4.78 is 3.73. The number of carbonyl (C=O) groups excluding carboxylic acids is 1. The van der Waals surface area contributed by atoms with E-state index in [1.165, 1.54) is 6.33 Å². The molecule has 4 aromatic rings. The molecule has 0 radical (unpaired) electrons. The number of fused-ring (bicyclic) bond motifs is 1. The summed E-state index contributed by atoms with van der Waals surface area (Å²) in [6, 6.07) is 15.4. The Morgan fingerprint density at radius 2 is 1.92 bits per heavy atom. The van der Waals surface area contributed by atoms with Crippen molar-refractivity contribution in [2.75, 3.05) is 0 Å². The highest BCUT2D eigenvalue weighted by atomic mass is 16.1. The maximum atomic E-state index is 12.4. The summed E-state index contributed by atoms with van der Waals surface area (Å²) in [5.74, 6) is 0.701. The van der Waals surface area contributed by atoms with E-state index >= 15 is 0 Å². The van der Waals surface area contributed by atoms with Gasteiger partial charge in [0.2, 0.25) is 0 Å². The molecule has 130 valence electrons. The van der Waals surface area contributed by atoms with E-state index in [0.29, 0.717) is 18.7 Å². The van der Waals surface area contributed by atoms with Gasteiger partial charge in [-0.05, 0) is 29.8 Å². The molecule has 0 bridgehead atoms. The van der Waals surface area contributed by atoms with Gasteiger partial charge in [-0.1, -0.05) is 24.3 Å². The molecule has 0 aliphatic carbocycles. The van der Waals surface area contributed by atoms with Crippen molar-refractivity contribution in [3.63, 3.8) is 0 Å². The molecule has 2 aromatic heterocycles. The van der Waals surface area contributed by atoms with Gasteiger partial charge >= 0.3 is 0 Å². The number of nitrogens with zero attached hydrogens (tertiary/aromatic N) is 5. The van der Waals surface area contributed by atoms with Crippen LogP contribution in [0.1, 0.15) is 21.7 Å². The molecule has 0 aliphatic rings. The molecule has 4 rings (SSSR count). The first kappa shape index (κ1) is 16.0. The predicted molar refractivity (Wildman–Crippen MR) is 97.5 cm³/mol. The summed E-state index contributed by atoms with van der Waals surface area (Å²) >= 11 is 0. The fourth-order valence-corrected chi connectivity index (χ4v) is 2.88. The van der Waals surface area contributed by atoms with Crippen molar-refractivity contribution in [2.45, 2.75) is 13.1 Å². The molecule has 1 amide bonds. The van der Waals surface area contributed by atoms with Crippen molar-refractivity contribution in [1.82, 2.24) is 29.6 Å². The normalized spacial score (nSPS) is 11.0. The van der Waals surface area contributed by atoms with Gasteiger partial charge in [-0.3, -0.25) is 4.79 Å². The largest absolute Gasteiger partial charge is 0.345 e. The first-order valence-electron chi connectivity index (χ1n) is 8.30. The second kappa shape index (κ2) is 6.79. The molecule has 0 atom stereocenters. The van der Waals surface area contributed by atoms with E-state index in [9.17, 15) is 4.79 Å². The number of benzene rings is 2. The van der Waals surface area contributed by atoms with E-state index in [2.05, 4.69) is 20.4 Å². The van der Waals surface area contributed by atoms with Crippen molar-refractivity contribution in [3.8, 4) is 0 Å². The molecule has 0 unspecified atom stereocenters. The maximum Gasteiger partial charge on any atom is 0.251 e. The quantitative estimate of drug-likeness (QED) is 0.601. The zero-order valence-electron chi connectivity index (χ0n) is 14.3. The van der Waals surface area contributed by atoms with E-state index in [-0.39, 0.29) is 5.91 Å². The summed E-state index contributed by atoms with van der Waals surface area (Å²) in [5, 5.41) is 7.01. The standard InChI is InChI=1S/C19H18N6O/c1-24-17-5-3-2-4-16(17)23-18(24)10-21-19(26)15-8-6-14(7-9-15)11-25-13-20-12-22-25/h2-9,12-13H,10-11H2,1H3,(H,21,26). The molecule has 7 heteroatoms. The number of amides is 1. The molecule has 0 saturated carbocycles. The van der Waals surface area contributed by atoms with Crippen LogP contribution in [0.3, 0.4) is 0 Å². The lowest BCUT2D eigenvalue weighted by atomic mass is 10.1. The lowest BCUT2D eigenvalue weighted by molar-refractivity contribution is 0.0949. The van der Waals surface area contributed by atoms with Crippen molar-refractivity contribution < 1.29 is 4.79 Å². The van der Waals surface area contributed by atoms with Gasteiger partial charge in [-0.2, -0.15) is 5.10 Å². The number of imidazole rings is 1. The van der Waals surface area contributed by atoms with Crippen LogP contribution in [0.2, 0.25) is 0 Å². The molecular weight excluding hydrogens is 328 g/mol. The van der Waals surface area contributed by atoms with Gasteiger partial charge in [0.15, 0.2) is 0 Å². The molecule has 0 fully saturated rings. The SMILES string of the molecule is Cn1c(CNC(=O)c2ccc(Cn3cncn3)cc2)nc2ccccc21. The fourth-order valence-electron chi connectivity index (χ4n) is 2.88. The van der Waals surface area contributed by atoms with Crippen LogP contribution in [0.25, 0.3) is 11.0 Å². The minimum absolute atomic E-state index is 0.121. The van der Waals surface area contributed by atoms with E-state index in [1.54, 1.807) is 11.0 Å². The number of aryl methyl sites for hydroxylation is 1. The zero-order chi connectivity index (χ0) is 17.9. The summed E-state index contributed by atoms with van der Waals surface area (Å²) in [4.78, 5) is 20.9. The van der Waals surface area contributed by atoms with Gasteiger partial charge in [-0.25, -0.2) is 14.6 Å². The fraction of sp³-hybridized carbons (Fsp3) is 0.158. The monoisotopic (exact) mass is 346 g/mol. The minimum atomic E-state index is -0.121. The van der Waals surface area contributed by atoms with Crippen molar-refractivity contribution >= 4 is 16.9 Å². The van der Waals surface area contributed by atoms with Gasteiger partial charge < -0.3 is 9.88 Å². The number of hydrogen-bond donors (Lipinski definition) is 1. The third-order valence-corrected chi connectivity index (χ3v) is 4.31. The Labute approximate surface area is 150 Å². The average molecular weight is 346 g/mol. The predicted octanol–water partition coefficient (Wildman–Crippen LogP) is 2.14. The lowest BCUT2D eigenvalue weighted by Crippen LogP contribution is -2.24. The van der Waals surface area contributed by atoms with Gasteiger partial charge in [0, 0.05) is 12.6 Å². The average Bonchev–Trinajstić information content (AvgIpc) is 3.29. The Bertz CT molecular complexity index is 1030. The van der Waals surface area contributed by atoms with Crippen LogP contribution < -0.4 is 5.32 Å². The second-order valence-corrected chi connectivity index (χ2v) is 6.05. The topological polar surface area (TPSA) is 77.6 Å². The van der Waals surface area contributed by atoms with Crippen LogP contribution in [-0.2, 0) is 20.1 Å². The highest BCUT2D eigenvalue weighted by Gasteiger charge is 2.10. The summed E-state index contributed by atoms with van der Waals surface area (Å²) in [6.07, 6.45) is 3.17. The highest BCUT2D eigenvalue weighted by molar-refractivity contribution is 5.94. The van der Waals surface area contributed by atoms with E-state index in [1.807, 2.05) is 60.1 Å². The maximum absolute atomic E-state index is 12.4. The number of aromatic nitrogens is 5. The van der Waals surface area contributed by atoms with Crippen molar-refractivity contribution in [3.05, 3.63) is 78.1 Å². The Balaban J connectivity index is 1.42. The molecule has 7 nitrogen and oxygen atoms in total. The zero-order valence-corrected chi connectivity index (χ0v) is 14.3. The summed E-state index contributed by atoms with van der Waals surface area (Å²) in [7, 11) is 1.95. The lowest BCUT2D eigenvalue weighted by Gasteiger charge is -2.07. The van der Waals surface area contributed by atoms with Crippen LogP contribution in [-0.4, -0.2) is 30.2 Å². The molecule has 2 heterocycles. The molecule has 0 aliphatic heterocycles. The highest BCUT2D eigenvalue weighted by Crippen LogP contribution is 2.14. The Morgan fingerprint density at radius 1 is 1.12 bits per heavy atom.